The van der Waals surface area contributed by atoms with Crippen LogP contribution < -0.4 is 10.2 Å². The number of likely N-dealkylation sites (N-methyl/N-ethyl adjacent to an activating group) is 1. The van der Waals surface area contributed by atoms with Gasteiger partial charge in [0.05, 0.1) is 23.9 Å². The maximum atomic E-state index is 14.9. The van der Waals surface area contributed by atoms with Gasteiger partial charge in [-0.3, -0.25) is 0 Å². The van der Waals surface area contributed by atoms with Crippen molar-refractivity contribution in [2.75, 3.05) is 43.4 Å². The predicted molar refractivity (Wildman–Crippen MR) is 128 cm³/mol. The molecule has 0 radical (unpaired) electrons. The molecule has 1 fully saturated rings. The van der Waals surface area contributed by atoms with Crippen LogP contribution in [0.2, 0.25) is 0 Å². The zero-order chi connectivity index (χ0) is 22.8. The van der Waals surface area contributed by atoms with Crippen molar-refractivity contribution in [1.82, 2.24) is 19.9 Å². The Labute approximate surface area is 191 Å². The van der Waals surface area contributed by atoms with Gasteiger partial charge >= 0.3 is 0 Å². The second-order valence-corrected chi connectivity index (χ2v) is 8.25. The van der Waals surface area contributed by atoms with Gasteiger partial charge in [0, 0.05) is 49.0 Å². The molecule has 2 aromatic carbocycles. The van der Waals surface area contributed by atoms with E-state index in [9.17, 15) is 4.39 Å². The Balaban J connectivity index is 1.45. The molecule has 0 unspecified atom stereocenters. The van der Waals surface area contributed by atoms with Crippen molar-refractivity contribution < 1.29 is 4.39 Å². The van der Waals surface area contributed by atoms with Crippen molar-refractivity contribution >= 4 is 28.4 Å². The summed E-state index contributed by atoms with van der Waals surface area (Å²) < 4.78 is 14.9. The van der Waals surface area contributed by atoms with Crippen LogP contribution in [0.25, 0.3) is 22.3 Å². The molecule has 0 spiro atoms. The number of nitrogens with zero attached hydrogens (tertiary/aromatic N) is 5. The van der Waals surface area contributed by atoms with Crippen LogP contribution in [0, 0.1) is 17.1 Å². The molecule has 0 amide bonds. The number of piperazine rings is 1. The molecule has 166 valence electrons. The van der Waals surface area contributed by atoms with Crippen molar-refractivity contribution in [2.45, 2.75) is 6.42 Å². The van der Waals surface area contributed by atoms with Crippen LogP contribution in [-0.2, 0) is 6.42 Å². The number of rotatable bonds is 5. The number of anilines is 3. The maximum Gasteiger partial charge on any atom is 0.229 e. The van der Waals surface area contributed by atoms with E-state index in [4.69, 9.17) is 10.2 Å². The Bertz CT molecular complexity index is 1330. The number of benzene rings is 2. The second-order valence-electron chi connectivity index (χ2n) is 8.25. The van der Waals surface area contributed by atoms with Crippen LogP contribution in [0.15, 0.2) is 54.7 Å². The van der Waals surface area contributed by atoms with Gasteiger partial charge in [-0.2, -0.15) is 10.2 Å². The summed E-state index contributed by atoms with van der Waals surface area (Å²) in [6.07, 6.45) is 2.15. The Kier molecular flexibility index (Phi) is 5.63. The molecular weight excluding hydrogens is 417 g/mol. The van der Waals surface area contributed by atoms with Crippen LogP contribution in [0.1, 0.15) is 5.56 Å². The SMILES string of the molecule is CN1CCN(c2ccc(Nc3nc(-c4cccc(CC#N)c4)c4cc[nH]c4n3)cc2F)CC1. The van der Waals surface area contributed by atoms with Gasteiger partial charge in [0.15, 0.2) is 0 Å². The summed E-state index contributed by atoms with van der Waals surface area (Å²) in [6, 6.07) is 17.0. The van der Waals surface area contributed by atoms with Gasteiger partial charge in [0.2, 0.25) is 5.95 Å². The standard InChI is InChI=1S/C25H24FN7/c1-32-11-13-33(14-12-32)22-6-5-19(16-21(22)26)29-25-30-23(20-8-10-28-24(20)31-25)18-4-2-3-17(15-18)7-9-27/h2-6,8,10,15-16H,7,11-14H2,1H3,(H2,28,29,30,31). The Hall–Kier alpha value is -3.96. The monoisotopic (exact) mass is 441 g/mol. The summed E-state index contributed by atoms with van der Waals surface area (Å²) >= 11 is 0. The van der Waals surface area contributed by atoms with Gasteiger partial charge in [-0.25, -0.2) is 9.37 Å². The van der Waals surface area contributed by atoms with Crippen LogP contribution in [0.3, 0.4) is 0 Å². The van der Waals surface area contributed by atoms with Crippen LogP contribution in [-0.4, -0.2) is 53.1 Å². The number of H-pyrrole nitrogens is 1. The number of halogens is 1. The molecule has 0 aliphatic carbocycles. The van der Waals surface area contributed by atoms with Crippen molar-refractivity contribution in [3.8, 4) is 17.3 Å². The fraction of sp³-hybridized carbons (Fsp3) is 0.240. The molecule has 1 saturated heterocycles. The highest BCUT2D eigenvalue weighted by atomic mass is 19.1. The predicted octanol–water partition coefficient (Wildman–Crippen LogP) is 4.33. The average Bonchev–Trinajstić information content (AvgIpc) is 3.29. The molecule has 4 aromatic rings. The number of aromatic amines is 1. The number of hydrogen-bond donors (Lipinski definition) is 2. The van der Waals surface area contributed by atoms with E-state index >= 15 is 0 Å². The van der Waals surface area contributed by atoms with Crippen LogP contribution in [0.5, 0.6) is 0 Å². The molecule has 3 heterocycles. The Morgan fingerprint density at radius 1 is 1.09 bits per heavy atom. The fourth-order valence-electron chi connectivity index (χ4n) is 4.15. The first-order valence-electron chi connectivity index (χ1n) is 10.9. The lowest BCUT2D eigenvalue weighted by atomic mass is 10.0. The van der Waals surface area contributed by atoms with Crippen molar-refractivity contribution in [3.63, 3.8) is 0 Å². The molecule has 0 saturated carbocycles. The van der Waals surface area contributed by atoms with E-state index in [1.807, 2.05) is 48.7 Å². The smallest absolute Gasteiger partial charge is 0.229 e. The van der Waals surface area contributed by atoms with Gasteiger partial charge in [-0.05, 0) is 42.9 Å². The van der Waals surface area contributed by atoms with Gasteiger partial charge in [-0.1, -0.05) is 18.2 Å². The quantitative estimate of drug-likeness (QED) is 0.480. The molecule has 1 aliphatic heterocycles. The number of nitrogens with one attached hydrogen (secondary N) is 2. The average molecular weight is 442 g/mol. The van der Waals surface area contributed by atoms with E-state index in [1.165, 1.54) is 6.07 Å². The van der Waals surface area contributed by atoms with E-state index < -0.39 is 0 Å². The normalized spacial score (nSPS) is 14.4. The molecule has 8 heteroatoms. The van der Waals surface area contributed by atoms with Crippen LogP contribution in [0.4, 0.5) is 21.7 Å². The van der Waals surface area contributed by atoms with E-state index in [0.717, 1.165) is 48.4 Å². The second kappa shape index (κ2) is 8.88. The maximum absolute atomic E-state index is 14.9. The lowest BCUT2D eigenvalue weighted by molar-refractivity contribution is 0.311. The molecule has 0 atom stereocenters. The van der Waals surface area contributed by atoms with E-state index in [0.29, 0.717) is 29.4 Å². The van der Waals surface area contributed by atoms with E-state index in [-0.39, 0.29) is 5.82 Å². The van der Waals surface area contributed by atoms with Crippen molar-refractivity contribution in [1.29, 1.82) is 5.26 Å². The first kappa shape index (κ1) is 20.9. The number of aromatic nitrogens is 3. The third kappa shape index (κ3) is 4.36. The van der Waals surface area contributed by atoms with Crippen molar-refractivity contribution in [2.24, 2.45) is 0 Å². The number of nitriles is 1. The molecule has 2 aromatic heterocycles. The van der Waals surface area contributed by atoms with Gasteiger partial charge in [0.25, 0.3) is 0 Å². The summed E-state index contributed by atoms with van der Waals surface area (Å²) in [5, 5.41) is 13.1. The molecule has 0 bridgehead atoms. The summed E-state index contributed by atoms with van der Waals surface area (Å²) in [5.41, 5.74) is 4.45. The minimum atomic E-state index is -0.269. The minimum absolute atomic E-state index is 0.269. The number of fused-ring (bicyclic) bond motifs is 1. The lowest BCUT2D eigenvalue weighted by Crippen LogP contribution is -2.44. The van der Waals surface area contributed by atoms with Gasteiger partial charge in [-0.15, -0.1) is 0 Å². The molecular formula is C25H24FN7. The lowest BCUT2D eigenvalue weighted by Gasteiger charge is -2.34. The zero-order valence-corrected chi connectivity index (χ0v) is 18.3. The fourth-order valence-corrected chi connectivity index (χ4v) is 4.15. The minimum Gasteiger partial charge on any atom is -0.367 e. The first-order valence-corrected chi connectivity index (χ1v) is 10.9. The van der Waals surface area contributed by atoms with E-state index in [2.05, 4.69) is 38.2 Å². The highest BCUT2D eigenvalue weighted by molar-refractivity contribution is 5.92. The third-order valence-electron chi connectivity index (χ3n) is 5.95. The highest BCUT2D eigenvalue weighted by Gasteiger charge is 2.18. The number of hydrogen-bond acceptors (Lipinski definition) is 6. The van der Waals surface area contributed by atoms with Gasteiger partial charge < -0.3 is 20.1 Å². The largest absolute Gasteiger partial charge is 0.367 e. The molecule has 5 rings (SSSR count). The molecule has 1 aliphatic rings. The first-order chi connectivity index (χ1) is 16.1. The van der Waals surface area contributed by atoms with Gasteiger partial charge in [0.1, 0.15) is 11.5 Å². The summed E-state index contributed by atoms with van der Waals surface area (Å²) in [6.45, 7) is 3.45. The van der Waals surface area contributed by atoms with E-state index in [1.54, 1.807) is 0 Å². The molecule has 7 nitrogen and oxygen atoms in total. The Morgan fingerprint density at radius 2 is 1.94 bits per heavy atom. The summed E-state index contributed by atoms with van der Waals surface area (Å²) in [4.78, 5) is 16.7. The Morgan fingerprint density at radius 3 is 2.73 bits per heavy atom. The van der Waals surface area contributed by atoms with Crippen molar-refractivity contribution in [3.05, 3.63) is 66.1 Å². The summed E-state index contributed by atoms with van der Waals surface area (Å²) in [7, 11) is 2.08. The molecule has 2 N–H and O–H groups in total. The zero-order valence-electron chi connectivity index (χ0n) is 18.3. The third-order valence-corrected chi connectivity index (χ3v) is 5.95. The highest BCUT2D eigenvalue weighted by Crippen LogP contribution is 2.30. The molecule has 33 heavy (non-hydrogen) atoms. The van der Waals surface area contributed by atoms with Crippen LogP contribution >= 0.6 is 0 Å². The summed E-state index contributed by atoms with van der Waals surface area (Å²) in [5.74, 6) is 0.104. The topological polar surface area (TPSA) is 83.9 Å².